The quantitative estimate of drug-likeness (QED) is 0.764. The number of ether oxygens (including phenoxy) is 1. The molecule has 1 aromatic heterocycles. The van der Waals surface area contributed by atoms with Gasteiger partial charge in [-0.15, -0.1) is 0 Å². The number of nitrogens with one attached hydrogen (secondary N) is 1. The van der Waals surface area contributed by atoms with Gasteiger partial charge in [-0.2, -0.15) is 5.10 Å². The Balaban J connectivity index is 1.36. The summed E-state index contributed by atoms with van der Waals surface area (Å²) in [6.45, 7) is 4.29. The molecule has 1 aliphatic heterocycles. The lowest BCUT2D eigenvalue weighted by atomic mass is 10.1. The second kappa shape index (κ2) is 8.37. The fraction of sp³-hybridized carbons (Fsp3) is 0.556. The SMILES string of the molecule is CCc1nc2n(n1)C[C@H](NC[C@H](O)COCc1ccccc1)CC2. The van der Waals surface area contributed by atoms with Gasteiger partial charge in [0.15, 0.2) is 5.82 Å². The summed E-state index contributed by atoms with van der Waals surface area (Å²) in [5, 5.41) is 18.0. The van der Waals surface area contributed by atoms with Crippen molar-refractivity contribution in [2.24, 2.45) is 0 Å². The van der Waals surface area contributed by atoms with Crippen LogP contribution in [0, 0.1) is 0 Å². The molecule has 0 bridgehead atoms. The van der Waals surface area contributed by atoms with Crippen LogP contribution < -0.4 is 5.32 Å². The summed E-state index contributed by atoms with van der Waals surface area (Å²) in [7, 11) is 0. The third kappa shape index (κ3) is 4.63. The normalized spacial score (nSPS) is 18.3. The van der Waals surface area contributed by atoms with Crippen molar-refractivity contribution in [2.75, 3.05) is 13.2 Å². The molecule has 1 aromatic carbocycles. The molecule has 0 saturated carbocycles. The highest BCUT2D eigenvalue weighted by Gasteiger charge is 2.21. The van der Waals surface area contributed by atoms with Crippen molar-refractivity contribution in [1.82, 2.24) is 20.1 Å². The first-order chi connectivity index (χ1) is 11.7. The fourth-order valence-corrected chi connectivity index (χ4v) is 2.93. The Morgan fingerprint density at radius 1 is 1.38 bits per heavy atom. The first kappa shape index (κ1) is 17.1. The van der Waals surface area contributed by atoms with E-state index in [0.717, 1.165) is 43.0 Å². The van der Waals surface area contributed by atoms with Gasteiger partial charge in [-0.05, 0) is 12.0 Å². The van der Waals surface area contributed by atoms with Crippen LogP contribution in [0.2, 0.25) is 0 Å². The van der Waals surface area contributed by atoms with E-state index in [1.807, 2.05) is 35.0 Å². The van der Waals surface area contributed by atoms with Gasteiger partial charge in [-0.25, -0.2) is 9.67 Å². The molecule has 24 heavy (non-hydrogen) atoms. The Labute approximate surface area is 142 Å². The zero-order valence-electron chi connectivity index (χ0n) is 14.2. The predicted molar refractivity (Wildman–Crippen MR) is 91.6 cm³/mol. The second-order valence-corrected chi connectivity index (χ2v) is 6.28. The van der Waals surface area contributed by atoms with Gasteiger partial charge in [-0.3, -0.25) is 0 Å². The molecule has 0 fully saturated rings. The molecule has 2 atom stereocenters. The van der Waals surface area contributed by atoms with Gasteiger partial charge in [0.2, 0.25) is 0 Å². The van der Waals surface area contributed by atoms with E-state index < -0.39 is 6.10 Å². The van der Waals surface area contributed by atoms with Crippen molar-refractivity contribution in [3.63, 3.8) is 0 Å². The zero-order valence-corrected chi connectivity index (χ0v) is 14.2. The van der Waals surface area contributed by atoms with Gasteiger partial charge < -0.3 is 15.2 Å². The van der Waals surface area contributed by atoms with Crippen molar-refractivity contribution in [3.05, 3.63) is 47.5 Å². The third-order valence-corrected chi connectivity index (χ3v) is 4.28. The van der Waals surface area contributed by atoms with Crippen LogP contribution in [-0.2, 0) is 30.7 Å². The van der Waals surface area contributed by atoms with Gasteiger partial charge in [0.25, 0.3) is 0 Å². The number of aliphatic hydroxyl groups is 1. The summed E-state index contributed by atoms with van der Waals surface area (Å²) >= 11 is 0. The molecule has 0 radical (unpaired) electrons. The number of aliphatic hydroxyl groups excluding tert-OH is 1. The molecule has 0 aliphatic carbocycles. The number of aromatic nitrogens is 3. The highest BCUT2D eigenvalue weighted by atomic mass is 16.5. The standard InChI is InChI=1S/C18H26N4O2/c1-2-17-20-18-9-8-15(11-22(18)21-17)19-10-16(23)13-24-12-14-6-4-3-5-7-14/h3-7,15-16,19,23H,2,8-13H2,1H3/t15-,16+/m1/s1. The topological polar surface area (TPSA) is 72.2 Å². The van der Waals surface area contributed by atoms with Crippen molar-refractivity contribution in [1.29, 1.82) is 0 Å². The van der Waals surface area contributed by atoms with Crippen LogP contribution in [0.3, 0.4) is 0 Å². The Bertz CT molecular complexity index is 629. The molecule has 0 amide bonds. The highest BCUT2D eigenvalue weighted by molar-refractivity contribution is 5.13. The Kier molecular flexibility index (Phi) is 5.96. The third-order valence-electron chi connectivity index (χ3n) is 4.28. The zero-order chi connectivity index (χ0) is 16.8. The molecular formula is C18H26N4O2. The van der Waals surface area contributed by atoms with E-state index in [2.05, 4.69) is 22.3 Å². The molecule has 0 unspecified atom stereocenters. The number of hydrogen-bond acceptors (Lipinski definition) is 5. The molecular weight excluding hydrogens is 304 g/mol. The Morgan fingerprint density at radius 3 is 3.00 bits per heavy atom. The van der Waals surface area contributed by atoms with Crippen LogP contribution in [0.1, 0.15) is 30.6 Å². The molecule has 6 nitrogen and oxygen atoms in total. The maximum absolute atomic E-state index is 10.1. The van der Waals surface area contributed by atoms with Gasteiger partial charge in [0, 0.05) is 25.4 Å². The molecule has 1 aliphatic rings. The van der Waals surface area contributed by atoms with E-state index in [-0.39, 0.29) is 0 Å². The number of aryl methyl sites for hydroxylation is 2. The van der Waals surface area contributed by atoms with Gasteiger partial charge in [-0.1, -0.05) is 37.3 Å². The minimum Gasteiger partial charge on any atom is -0.389 e. The molecule has 2 N–H and O–H groups in total. The summed E-state index contributed by atoms with van der Waals surface area (Å²) in [5.74, 6) is 2.00. The number of rotatable bonds is 8. The average Bonchev–Trinajstić information content (AvgIpc) is 3.03. The number of nitrogens with zero attached hydrogens (tertiary/aromatic N) is 3. The largest absolute Gasteiger partial charge is 0.389 e. The molecule has 130 valence electrons. The summed E-state index contributed by atoms with van der Waals surface area (Å²) in [5.41, 5.74) is 1.12. The molecule has 3 rings (SSSR count). The van der Waals surface area contributed by atoms with E-state index in [0.29, 0.717) is 25.8 Å². The van der Waals surface area contributed by atoms with Gasteiger partial charge >= 0.3 is 0 Å². The molecule has 6 heteroatoms. The van der Waals surface area contributed by atoms with Crippen LogP contribution >= 0.6 is 0 Å². The van der Waals surface area contributed by atoms with Gasteiger partial charge in [0.05, 0.1) is 25.9 Å². The number of fused-ring (bicyclic) bond motifs is 1. The first-order valence-corrected chi connectivity index (χ1v) is 8.70. The van der Waals surface area contributed by atoms with Crippen LogP contribution in [0.15, 0.2) is 30.3 Å². The van der Waals surface area contributed by atoms with Crippen molar-refractivity contribution < 1.29 is 9.84 Å². The molecule has 0 spiro atoms. The van der Waals surface area contributed by atoms with Gasteiger partial charge in [0.1, 0.15) is 5.82 Å². The molecule has 0 saturated heterocycles. The van der Waals surface area contributed by atoms with E-state index in [9.17, 15) is 5.11 Å². The Morgan fingerprint density at radius 2 is 2.21 bits per heavy atom. The van der Waals surface area contributed by atoms with E-state index in [1.54, 1.807) is 0 Å². The van der Waals surface area contributed by atoms with Crippen molar-refractivity contribution >= 4 is 0 Å². The molecule has 2 heterocycles. The van der Waals surface area contributed by atoms with E-state index in [1.165, 1.54) is 0 Å². The summed E-state index contributed by atoms with van der Waals surface area (Å²) in [6.07, 6.45) is 2.33. The summed E-state index contributed by atoms with van der Waals surface area (Å²) < 4.78 is 7.58. The highest BCUT2D eigenvalue weighted by Crippen LogP contribution is 2.13. The number of benzene rings is 1. The monoisotopic (exact) mass is 330 g/mol. The lowest BCUT2D eigenvalue weighted by molar-refractivity contribution is 0.0269. The van der Waals surface area contributed by atoms with Crippen LogP contribution in [-0.4, -0.2) is 45.2 Å². The first-order valence-electron chi connectivity index (χ1n) is 8.70. The minimum atomic E-state index is -0.503. The lowest BCUT2D eigenvalue weighted by Gasteiger charge is -2.24. The maximum Gasteiger partial charge on any atom is 0.150 e. The summed E-state index contributed by atoms with van der Waals surface area (Å²) in [4.78, 5) is 4.52. The van der Waals surface area contributed by atoms with Crippen molar-refractivity contribution in [2.45, 2.75) is 51.5 Å². The second-order valence-electron chi connectivity index (χ2n) is 6.28. The fourth-order valence-electron chi connectivity index (χ4n) is 2.93. The predicted octanol–water partition coefficient (Wildman–Crippen LogP) is 1.32. The van der Waals surface area contributed by atoms with E-state index in [4.69, 9.17) is 4.74 Å². The van der Waals surface area contributed by atoms with E-state index >= 15 is 0 Å². The summed E-state index contributed by atoms with van der Waals surface area (Å²) in [6, 6.07) is 10.3. The minimum absolute atomic E-state index is 0.327. The number of hydrogen-bond donors (Lipinski definition) is 2. The average molecular weight is 330 g/mol. The van der Waals surface area contributed by atoms with Crippen LogP contribution in [0.5, 0.6) is 0 Å². The van der Waals surface area contributed by atoms with Crippen molar-refractivity contribution in [3.8, 4) is 0 Å². The Hall–Kier alpha value is -1.76. The van der Waals surface area contributed by atoms with Crippen LogP contribution in [0.4, 0.5) is 0 Å². The molecule has 2 aromatic rings. The maximum atomic E-state index is 10.1. The smallest absolute Gasteiger partial charge is 0.150 e. The lowest BCUT2D eigenvalue weighted by Crippen LogP contribution is -2.42. The van der Waals surface area contributed by atoms with Crippen LogP contribution in [0.25, 0.3) is 0 Å².